The van der Waals surface area contributed by atoms with Crippen molar-refractivity contribution in [2.45, 2.75) is 19.4 Å². The van der Waals surface area contributed by atoms with Gasteiger partial charge in [0, 0.05) is 11.6 Å². The van der Waals surface area contributed by atoms with Gasteiger partial charge in [0.05, 0.1) is 12.0 Å². The zero-order valence-electron chi connectivity index (χ0n) is 9.46. The zero-order valence-corrected chi connectivity index (χ0v) is 9.46. The van der Waals surface area contributed by atoms with Gasteiger partial charge in [0.25, 0.3) is 0 Å². The number of ether oxygens (including phenoxy) is 1. The fourth-order valence-electron chi connectivity index (χ4n) is 1.91. The largest absolute Gasteiger partial charge is 0.481 e. The Morgan fingerprint density at radius 3 is 2.47 bits per heavy atom. The van der Waals surface area contributed by atoms with Gasteiger partial charge in [0.2, 0.25) is 0 Å². The molecule has 1 aromatic carbocycles. The fourth-order valence-corrected chi connectivity index (χ4v) is 1.91. The molecule has 0 spiro atoms. The van der Waals surface area contributed by atoms with Crippen LogP contribution in [0.25, 0.3) is 0 Å². The maximum atomic E-state index is 13.7. The third kappa shape index (κ3) is 1.61. The summed E-state index contributed by atoms with van der Waals surface area (Å²) in [5.41, 5.74) is -2.38. The number of aliphatic carboxylic acids is 1. The second kappa shape index (κ2) is 3.50. The lowest BCUT2D eigenvalue weighted by Gasteiger charge is -2.27. The Balaban J connectivity index is 2.50. The first kappa shape index (κ1) is 12.0. The van der Waals surface area contributed by atoms with E-state index >= 15 is 0 Å². The maximum absolute atomic E-state index is 13.7. The molecule has 3 nitrogen and oxygen atoms in total. The van der Waals surface area contributed by atoms with Crippen LogP contribution in [0.5, 0.6) is 0 Å². The molecular weight excluding hydrogens is 230 g/mol. The molecule has 1 atom stereocenters. The highest BCUT2D eigenvalue weighted by atomic mass is 19.1. The molecule has 2 rings (SSSR count). The second-order valence-electron chi connectivity index (χ2n) is 4.67. The van der Waals surface area contributed by atoms with Crippen molar-refractivity contribution in [1.82, 2.24) is 0 Å². The molecule has 17 heavy (non-hydrogen) atoms. The molecule has 1 aromatic rings. The summed E-state index contributed by atoms with van der Waals surface area (Å²) in [7, 11) is 0. The van der Waals surface area contributed by atoms with Gasteiger partial charge in [-0.15, -0.1) is 0 Å². The maximum Gasteiger partial charge on any atom is 0.312 e. The van der Waals surface area contributed by atoms with Crippen molar-refractivity contribution in [1.29, 1.82) is 0 Å². The van der Waals surface area contributed by atoms with E-state index in [1.54, 1.807) is 0 Å². The number of epoxide rings is 1. The Bertz CT molecular complexity index is 479. The molecule has 1 aliphatic heterocycles. The molecule has 5 heteroatoms. The van der Waals surface area contributed by atoms with Gasteiger partial charge < -0.3 is 9.84 Å². The van der Waals surface area contributed by atoms with Gasteiger partial charge in [-0.1, -0.05) is 6.07 Å². The van der Waals surface area contributed by atoms with Crippen molar-refractivity contribution < 1.29 is 23.4 Å². The third-order valence-corrected chi connectivity index (χ3v) is 3.34. The minimum Gasteiger partial charge on any atom is -0.481 e. The van der Waals surface area contributed by atoms with E-state index < -0.39 is 28.6 Å². The van der Waals surface area contributed by atoms with Crippen LogP contribution in [0.4, 0.5) is 8.78 Å². The smallest absolute Gasteiger partial charge is 0.312 e. The number of carbonyl (C=O) groups is 1. The van der Waals surface area contributed by atoms with Crippen LogP contribution in [0.3, 0.4) is 0 Å². The van der Waals surface area contributed by atoms with Crippen LogP contribution in [0, 0.1) is 17.0 Å². The number of hydrogen-bond donors (Lipinski definition) is 1. The molecule has 0 saturated carbocycles. The van der Waals surface area contributed by atoms with Crippen molar-refractivity contribution in [2.75, 3.05) is 6.61 Å². The van der Waals surface area contributed by atoms with Gasteiger partial charge in [-0.3, -0.25) is 4.79 Å². The van der Waals surface area contributed by atoms with Crippen molar-refractivity contribution in [3.8, 4) is 0 Å². The third-order valence-electron chi connectivity index (χ3n) is 3.34. The predicted octanol–water partition coefficient (Wildman–Crippen LogP) is 2.30. The summed E-state index contributed by atoms with van der Waals surface area (Å²) in [6.45, 7) is 3.05. The molecule has 0 aromatic heterocycles. The molecular formula is C12H12F2O3. The van der Waals surface area contributed by atoms with Crippen molar-refractivity contribution >= 4 is 5.97 Å². The highest BCUT2D eigenvalue weighted by Gasteiger charge is 2.62. The molecule has 1 heterocycles. The van der Waals surface area contributed by atoms with Crippen LogP contribution in [-0.4, -0.2) is 17.7 Å². The molecule has 1 saturated heterocycles. The number of halogens is 2. The lowest BCUT2D eigenvalue weighted by atomic mass is 9.74. The molecule has 0 aliphatic carbocycles. The SMILES string of the molecule is CC(C)(C(=O)O)C1(c2ccc(F)cc2F)CO1. The minimum absolute atomic E-state index is 0.0892. The number of carboxylic acid groups (broad SMARTS) is 1. The predicted molar refractivity (Wildman–Crippen MR) is 55.4 cm³/mol. The van der Waals surface area contributed by atoms with E-state index in [4.69, 9.17) is 9.84 Å². The van der Waals surface area contributed by atoms with Crippen LogP contribution < -0.4 is 0 Å². The Morgan fingerprint density at radius 2 is 2.06 bits per heavy atom. The quantitative estimate of drug-likeness (QED) is 0.827. The topological polar surface area (TPSA) is 49.8 Å². The van der Waals surface area contributed by atoms with Gasteiger partial charge in [0.1, 0.15) is 17.2 Å². The Kier molecular flexibility index (Phi) is 2.47. The van der Waals surface area contributed by atoms with Crippen molar-refractivity contribution in [3.63, 3.8) is 0 Å². The van der Waals surface area contributed by atoms with Gasteiger partial charge in [-0.25, -0.2) is 8.78 Å². The Morgan fingerprint density at radius 1 is 1.47 bits per heavy atom. The Hall–Kier alpha value is -1.49. The number of carboxylic acids is 1. The molecule has 1 unspecified atom stereocenters. The van der Waals surface area contributed by atoms with Crippen LogP contribution in [0.15, 0.2) is 18.2 Å². The van der Waals surface area contributed by atoms with E-state index in [2.05, 4.69) is 0 Å². The summed E-state index contributed by atoms with van der Waals surface area (Å²) >= 11 is 0. The monoisotopic (exact) mass is 242 g/mol. The van der Waals surface area contributed by atoms with Crippen LogP contribution >= 0.6 is 0 Å². The Labute approximate surface area is 97.0 Å². The standard InChI is InChI=1S/C12H12F2O3/c1-11(2,10(15)16)12(6-17-12)8-4-3-7(13)5-9(8)14/h3-5H,6H2,1-2H3,(H,15,16). The van der Waals surface area contributed by atoms with Crippen LogP contribution in [-0.2, 0) is 15.1 Å². The van der Waals surface area contributed by atoms with E-state index in [9.17, 15) is 13.6 Å². The summed E-state index contributed by atoms with van der Waals surface area (Å²) in [5.74, 6) is -2.56. The first-order valence-electron chi connectivity index (χ1n) is 5.14. The van der Waals surface area contributed by atoms with Gasteiger partial charge in [-0.05, 0) is 19.9 Å². The van der Waals surface area contributed by atoms with E-state index in [0.29, 0.717) is 0 Å². The fraction of sp³-hybridized carbons (Fsp3) is 0.417. The minimum atomic E-state index is -1.27. The van der Waals surface area contributed by atoms with E-state index in [-0.39, 0.29) is 12.2 Å². The summed E-state index contributed by atoms with van der Waals surface area (Å²) in [6, 6.07) is 3.07. The van der Waals surface area contributed by atoms with E-state index in [0.717, 1.165) is 12.1 Å². The highest BCUT2D eigenvalue weighted by molar-refractivity contribution is 5.76. The average molecular weight is 242 g/mol. The molecule has 0 radical (unpaired) electrons. The number of rotatable bonds is 3. The lowest BCUT2D eigenvalue weighted by Crippen LogP contribution is -2.39. The molecule has 92 valence electrons. The normalized spacial score (nSPS) is 23.5. The van der Waals surface area contributed by atoms with E-state index in [1.807, 2.05) is 0 Å². The van der Waals surface area contributed by atoms with Crippen molar-refractivity contribution in [3.05, 3.63) is 35.4 Å². The average Bonchev–Trinajstić information content (AvgIpc) is 2.98. The summed E-state index contributed by atoms with van der Waals surface area (Å²) in [6.07, 6.45) is 0. The number of hydrogen-bond acceptors (Lipinski definition) is 2. The molecule has 0 amide bonds. The van der Waals surface area contributed by atoms with Crippen molar-refractivity contribution in [2.24, 2.45) is 5.41 Å². The zero-order chi connectivity index (χ0) is 12.8. The molecule has 1 fully saturated rings. The van der Waals surface area contributed by atoms with Gasteiger partial charge >= 0.3 is 5.97 Å². The lowest BCUT2D eigenvalue weighted by molar-refractivity contribution is -0.151. The number of benzene rings is 1. The second-order valence-corrected chi connectivity index (χ2v) is 4.67. The summed E-state index contributed by atoms with van der Waals surface area (Å²) in [4.78, 5) is 11.2. The van der Waals surface area contributed by atoms with Gasteiger partial charge in [0.15, 0.2) is 0 Å². The van der Waals surface area contributed by atoms with Crippen LogP contribution in [0.1, 0.15) is 19.4 Å². The van der Waals surface area contributed by atoms with Crippen LogP contribution in [0.2, 0.25) is 0 Å². The first-order chi connectivity index (χ1) is 7.81. The summed E-state index contributed by atoms with van der Waals surface area (Å²) in [5, 5.41) is 9.15. The van der Waals surface area contributed by atoms with E-state index in [1.165, 1.54) is 19.9 Å². The van der Waals surface area contributed by atoms with Gasteiger partial charge in [-0.2, -0.15) is 0 Å². The highest BCUT2D eigenvalue weighted by Crippen LogP contribution is 2.53. The first-order valence-corrected chi connectivity index (χ1v) is 5.14. The molecule has 1 aliphatic rings. The molecule has 0 bridgehead atoms. The summed E-state index contributed by atoms with van der Waals surface area (Å²) < 4.78 is 31.7. The molecule has 1 N–H and O–H groups in total.